The van der Waals surface area contributed by atoms with Crippen LogP contribution in [0.2, 0.25) is 0 Å². The Kier molecular flexibility index (Phi) is 7.28. The van der Waals surface area contributed by atoms with Crippen LogP contribution in [0.4, 0.5) is 0 Å². The summed E-state index contributed by atoms with van der Waals surface area (Å²) in [6.07, 6.45) is 13.4. The lowest BCUT2D eigenvalue weighted by Gasteiger charge is -2.54. The van der Waals surface area contributed by atoms with Crippen molar-refractivity contribution in [2.75, 3.05) is 0 Å². The highest BCUT2D eigenvalue weighted by molar-refractivity contribution is 5.95. The number of benzene rings is 6. The standard InChI is InChI=1S/C52H39N3O/c1-33-25-30-41-40-19-8-9-22-43(40)52(45(41)32-33)44-23-13-20-39(47(44)56-46-24-10-11-31-51(46,52)2)35-26-28-37(29-27-35)49-53-48(36-15-4-3-5-16-36)54-50(55-49)42-21-12-17-34-14-6-7-18-38(34)42/h3-30,33H,31-32H2,1-2H3. The molecule has 0 N–H and O–H groups in total. The van der Waals surface area contributed by atoms with Crippen LogP contribution in [0.5, 0.6) is 5.75 Å². The van der Waals surface area contributed by atoms with Gasteiger partial charge >= 0.3 is 0 Å². The van der Waals surface area contributed by atoms with Gasteiger partial charge < -0.3 is 4.74 Å². The number of allylic oxidation sites excluding steroid dienone is 8. The molecule has 1 aromatic heterocycles. The molecule has 4 heteroatoms. The quantitative estimate of drug-likeness (QED) is 0.182. The Labute approximate surface area is 327 Å². The summed E-state index contributed by atoms with van der Waals surface area (Å²) >= 11 is 0. The van der Waals surface area contributed by atoms with Gasteiger partial charge in [0, 0.05) is 33.2 Å². The molecule has 0 saturated heterocycles. The van der Waals surface area contributed by atoms with Crippen LogP contribution >= 0.6 is 0 Å². The first kappa shape index (κ1) is 32.8. The molecule has 0 radical (unpaired) electrons. The molecule has 0 bridgehead atoms. The molecule has 268 valence electrons. The molecule has 0 amide bonds. The van der Waals surface area contributed by atoms with Crippen LogP contribution in [0.15, 0.2) is 181 Å². The summed E-state index contributed by atoms with van der Waals surface area (Å²) in [5, 5.41) is 2.26. The molecular formula is C52H39N3O. The maximum Gasteiger partial charge on any atom is 0.164 e. The first-order chi connectivity index (χ1) is 27.5. The number of fused-ring (bicyclic) bond motifs is 9. The number of ether oxygens (including phenoxy) is 1. The van der Waals surface area contributed by atoms with E-state index in [1.165, 1.54) is 27.8 Å². The number of hydrogen-bond donors (Lipinski definition) is 0. The van der Waals surface area contributed by atoms with E-state index in [4.69, 9.17) is 19.7 Å². The Morgan fingerprint density at radius 2 is 1.25 bits per heavy atom. The van der Waals surface area contributed by atoms with Gasteiger partial charge in [-0.15, -0.1) is 0 Å². The third kappa shape index (κ3) is 4.69. The lowest BCUT2D eigenvalue weighted by Crippen LogP contribution is -2.51. The molecule has 1 spiro atoms. The molecule has 3 aliphatic carbocycles. The summed E-state index contributed by atoms with van der Waals surface area (Å²) < 4.78 is 7.15. The molecule has 4 aliphatic rings. The van der Waals surface area contributed by atoms with Gasteiger partial charge in [-0.1, -0.05) is 178 Å². The largest absolute Gasteiger partial charge is 0.460 e. The second-order valence-corrected chi connectivity index (χ2v) is 15.8. The zero-order valence-electron chi connectivity index (χ0n) is 31.4. The van der Waals surface area contributed by atoms with E-state index in [-0.39, 0.29) is 10.8 Å². The third-order valence-electron chi connectivity index (χ3n) is 12.6. The van der Waals surface area contributed by atoms with E-state index >= 15 is 0 Å². The van der Waals surface area contributed by atoms with E-state index < -0.39 is 0 Å². The zero-order chi connectivity index (χ0) is 37.4. The Morgan fingerprint density at radius 3 is 2.11 bits per heavy atom. The number of aromatic nitrogens is 3. The molecule has 2 heterocycles. The summed E-state index contributed by atoms with van der Waals surface area (Å²) in [7, 11) is 0. The highest BCUT2D eigenvalue weighted by Crippen LogP contribution is 2.69. The Bertz CT molecular complexity index is 2860. The van der Waals surface area contributed by atoms with Crippen LogP contribution in [0.3, 0.4) is 0 Å². The number of nitrogens with zero attached hydrogens (tertiary/aromatic N) is 3. The van der Waals surface area contributed by atoms with E-state index in [0.717, 1.165) is 62.9 Å². The molecule has 4 nitrogen and oxygen atoms in total. The van der Waals surface area contributed by atoms with Crippen molar-refractivity contribution in [2.24, 2.45) is 11.3 Å². The third-order valence-corrected chi connectivity index (χ3v) is 12.6. The SMILES string of the molecule is CC1C=CC2=C(C1)C1(c3ccccc32)c2cccc(-c3ccc(-c4nc(-c5ccccc5)nc(-c5cccc6ccccc56)n4)cc3)c2OC2=CC=CCC21C. The highest BCUT2D eigenvalue weighted by Gasteiger charge is 2.63. The minimum absolute atomic E-state index is 0.285. The minimum Gasteiger partial charge on any atom is -0.460 e. The van der Waals surface area contributed by atoms with E-state index in [1.807, 2.05) is 18.2 Å². The van der Waals surface area contributed by atoms with Gasteiger partial charge in [0.15, 0.2) is 17.5 Å². The van der Waals surface area contributed by atoms with Crippen molar-refractivity contribution in [1.82, 2.24) is 15.0 Å². The molecule has 1 aliphatic heterocycles. The average molecular weight is 722 g/mol. The van der Waals surface area contributed by atoms with Crippen LogP contribution in [0, 0.1) is 11.3 Å². The molecule has 3 atom stereocenters. The Morgan fingerprint density at radius 1 is 0.607 bits per heavy atom. The van der Waals surface area contributed by atoms with Crippen LogP contribution in [-0.2, 0) is 5.41 Å². The predicted molar refractivity (Wildman–Crippen MR) is 227 cm³/mol. The molecular weight excluding hydrogens is 683 g/mol. The van der Waals surface area contributed by atoms with Gasteiger partial charge in [-0.3, -0.25) is 0 Å². The van der Waals surface area contributed by atoms with Gasteiger partial charge in [-0.25, -0.2) is 15.0 Å². The summed E-state index contributed by atoms with van der Waals surface area (Å²) in [4.78, 5) is 15.2. The van der Waals surface area contributed by atoms with E-state index in [9.17, 15) is 0 Å². The monoisotopic (exact) mass is 721 g/mol. The maximum atomic E-state index is 7.15. The molecule has 6 aromatic carbocycles. The van der Waals surface area contributed by atoms with E-state index in [1.54, 1.807) is 0 Å². The van der Waals surface area contributed by atoms with E-state index in [0.29, 0.717) is 23.4 Å². The average Bonchev–Trinajstić information content (AvgIpc) is 3.54. The lowest BCUT2D eigenvalue weighted by atomic mass is 9.50. The molecule has 0 saturated carbocycles. The maximum absolute atomic E-state index is 7.15. The van der Waals surface area contributed by atoms with Crippen molar-refractivity contribution in [3.63, 3.8) is 0 Å². The second-order valence-electron chi connectivity index (χ2n) is 15.8. The van der Waals surface area contributed by atoms with Crippen LogP contribution in [-0.4, -0.2) is 15.0 Å². The zero-order valence-corrected chi connectivity index (χ0v) is 31.4. The summed E-state index contributed by atoms with van der Waals surface area (Å²) in [6.45, 7) is 4.77. The molecule has 11 rings (SSSR count). The van der Waals surface area contributed by atoms with Crippen LogP contribution < -0.4 is 4.74 Å². The fourth-order valence-corrected chi connectivity index (χ4v) is 9.98. The number of para-hydroxylation sites is 1. The summed E-state index contributed by atoms with van der Waals surface area (Å²) in [6, 6.07) is 49.3. The van der Waals surface area contributed by atoms with Crippen LogP contribution in [0.25, 0.3) is 61.6 Å². The van der Waals surface area contributed by atoms with Crippen LogP contribution in [0.1, 0.15) is 43.4 Å². The van der Waals surface area contributed by atoms with Crippen molar-refractivity contribution in [3.8, 4) is 51.0 Å². The Balaban J connectivity index is 1.07. The van der Waals surface area contributed by atoms with Gasteiger partial charge in [0.2, 0.25) is 0 Å². The van der Waals surface area contributed by atoms with Gasteiger partial charge in [-0.05, 0) is 63.4 Å². The van der Waals surface area contributed by atoms with Crippen molar-refractivity contribution >= 4 is 16.3 Å². The number of rotatable bonds is 4. The molecule has 7 aromatic rings. The predicted octanol–water partition coefficient (Wildman–Crippen LogP) is 12.6. The summed E-state index contributed by atoms with van der Waals surface area (Å²) in [5.74, 6) is 4.36. The minimum atomic E-state index is -0.366. The van der Waals surface area contributed by atoms with Crippen molar-refractivity contribution in [2.45, 2.75) is 32.1 Å². The van der Waals surface area contributed by atoms with Gasteiger partial charge in [0.1, 0.15) is 11.5 Å². The summed E-state index contributed by atoms with van der Waals surface area (Å²) in [5.41, 5.74) is 11.2. The fraction of sp³-hybridized carbons (Fsp3) is 0.135. The molecule has 56 heavy (non-hydrogen) atoms. The van der Waals surface area contributed by atoms with E-state index in [2.05, 4.69) is 166 Å². The smallest absolute Gasteiger partial charge is 0.164 e. The highest BCUT2D eigenvalue weighted by atomic mass is 16.5. The lowest BCUT2D eigenvalue weighted by molar-refractivity contribution is 0.147. The number of hydrogen-bond acceptors (Lipinski definition) is 4. The Hall–Kier alpha value is -6.65. The second kappa shape index (κ2) is 12.4. The van der Waals surface area contributed by atoms with Gasteiger partial charge in [0.25, 0.3) is 0 Å². The first-order valence-electron chi connectivity index (χ1n) is 19.6. The van der Waals surface area contributed by atoms with Crippen molar-refractivity contribution < 1.29 is 4.74 Å². The fourth-order valence-electron chi connectivity index (χ4n) is 9.98. The first-order valence-corrected chi connectivity index (χ1v) is 19.6. The normalized spacial score (nSPS) is 21.6. The van der Waals surface area contributed by atoms with Crippen molar-refractivity contribution in [1.29, 1.82) is 0 Å². The van der Waals surface area contributed by atoms with Gasteiger partial charge in [0.05, 0.1) is 5.41 Å². The molecule has 3 unspecified atom stereocenters. The topological polar surface area (TPSA) is 47.9 Å². The molecule has 0 fully saturated rings. The van der Waals surface area contributed by atoms with Crippen molar-refractivity contribution in [3.05, 3.63) is 198 Å². The van der Waals surface area contributed by atoms with Gasteiger partial charge in [-0.2, -0.15) is 0 Å².